The Morgan fingerprint density at radius 1 is 1.55 bits per heavy atom. The summed E-state index contributed by atoms with van der Waals surface area (Å²) in [6, 6.07) is 6.16. The van der Waals surface area contributed by atoms with Crippen molar-refractivity contribution in [2.24, 2.45) is 0 Å². The van der Waals surface area contributed by atoms with E-state index in [2.05, 4.69) is 5.32 Å². The standard InChI is InChI=1S/C14H14Cl2N2O2/c1-14(6-3-7-20-14)13(19)18-11(8-17)9-4-2-5-10(15)12(9)16/h2,4-5,11H,3,6-7H2,1H3,(H,18,19)/t11-,14+/m1/s1. The molecule has 20 heavy (non-hydrogen) atoms. The van der Waals surface area contributed by atoms with Crippen molar-refractivity contribution < 1.29 is 9.53 Å². The Labute approximate surface area is 127 Å². The van der Waals surface area contributed by atoms with E-state index in [9.17, 15) is 10.1 Å². The normalized spacial score (nSPS) is 23.1. The van der Waals surface area contributed by atoms with Gasteiger partial charge in [0.15, 0.2) is 0 Å². The van der Waals surface area contributed by atoms with E-state index in [4.69, 9.17) is 27.9 Å². The molecule has 1 aromatic carbocycles. The van der Waals surface area contributed by atoms with Crippen LogP contribution < -0.4 is 5.32 Å². The van der Waals surface area contributed by atoms with Crippen molar-refractivity contribution in [1.29, 1.82) is 5.26 Å². The predicted octanol–water partition coefficient (Wildman–Crippen LogP) is 3.24. The lowest BCUT2D eigenvalue weighted by Crippen LogP contribution is -2.45. The molecule has 0 aromatic heterocycles. The maximum atomic E-state index is 12.2. The van der Waals surface area contributed by atoms with Gasteiger partial charge >= 0.3 is 0 Å². The molecule has 0 radical (unpaired) electrons. The van der Waals surface area contributed by atoms with Crippen LogP contribution in [0.4, 0.5) is 0 Å². The van der Waals surface area contributed by atoms with Gasteiger partial charge in [-0.05, 0) is 25.8 Å². The molecule has 1 aliphatic rings. The molecular formula is C14H14Cl2N2O2. The van der Waals surface area contributed by atoms with E-state index < -0.39 is 11.6 Å². The number of hydrogen-bond donors (Lipinski definition) is 1. The highest BCUT2D eigenvalue weighted by Gasteiger charge is 2.39. The molecule has 1 aromatic rings. The van der Waals surface area contributed by atoms with Crippen molar-refractivity contribution in [2.75, 3.05) is 6.61 Å². The highest BCUT2D eigenvalue weighted by atomic mass is 35.5. The number of carbonyl (C=O) groups excluding carboxylic acids is 1. The van der Waals surface area contributed by atoms with Crippen molar-refractivity contribution in [3.8, 4) is 6.07 Å². The summed E-state index contributed by atoms with van der Waals surface area (Å²) in [6.45, 7) is 2.28. The second-order valence-electron chi connectivity index (χ2n) is 4.86. The lowest BCUT2D eigenvalue weighted by atomic mass is 10.0. The summed E-state index contributed by atoms with van der Waals surface area (Å²) in [5.41, 5.74) is -0.392. The Morgan fingerprint density at radius 2 is 2.30 bits per heavy atom. The van der Waals surface area contributed by atoms with Crippen molar-refractivity contribution in [3.05, 3.63) is 33.8 Å². The molecular weight excluding hydrogens is 299 g/mol. The van der Waals surface area contributed by atoms with Gasteiger partial charge in [-0.15, -0.1) is 0 Å². The highest BCUT2D eigenvalue weighted by molar-refractivity contribution is 6.42. The van der Waals surface area contributed by atoms with Gasteiger partial charge in [0.1, 0.15) is 11.6 Å². The minimum Gasteiger partial charge on any atom is -0.365 e. The molecule has 0 saturated carbocycles. The maximum Gasteiger partial charge on any atom is 0.253 e. The fourth-order valence-electron chi connectivity index (χ4n) is 2.16. The first kappa shape index (κ1) is 15.1. The van der Waals surface area contributed by atoms with E-state index in [0.29, 0.717) is 23.6 Å². The van der Waals surface area contributed by atoms with Crippen LogP contribution in [0.5, 0.6) is 0 Å². The van der Waals surface area contributed by atoms with Crippen LogP contribution in [0, 0.1) is 11.3 Å². The van der Waals surface area contributed by atoms with Crippen molar-refractivity contribution in [2.45, 2.75) is 31.4 Å². The second-order valence-corrected chi connectivity index (χ2v) is 5.65. The van der Waals surface area contributed by atoms with Crippen LogP contribution in [0.15, 0.2) is 18.2 Å². The fraction of sp³-hybridized carbons (Fsp3) is 0.429. The Hall–Kier alpha value is -1.28. The molecule has 0 aliphatic carbocycles. The van der Waals surface area contributed by atoms with Crippen LogP contribution in [0.1, 0.15) is 31.4 Å². The van der Waals surface area contributed by atoms with Crippen LogP contribution in [0.2, 0.25) is 10.0 Å². The number of ether oxygens (including phenoxy) is 1. The Kier molecular flexibility index (Phi) is 4.54. The molecule has 1 heterocycles. The second kappa shape index (κ2) is 6.01. The molecule has 0 spiro atoms. The van der Waals surface area contributed by atoms with Crippen molar-refractivity contribution >= 4 is 29.1 Å². The summed E-state index contributed by atoms with van der Waals surface area (Å²) in [5.74, 6) is -0.308. The number of amides is 1. The van der Waals surface area contributed by atoms with Gasteiger partial charge in [0.2, 0.25) is 0 Å². The summed E-state index contributed by atoms with van der Waals surface area (Å²) in [4.78, 5) is 12.2. The Bertz CT molecular complexity index is 563. The molecule has 0 unspecified atom stereocenters. The Morgan fingerprint density at radius 3 is 2.90 bits per heavy atom. The zero-order valence-corrected chi connectivity index (χ0v) is 12.5. The minimum absolute atomic E-state index is 0.276. The lowest BCUT2D eigenvalue weighted by molar-refractivity contribution is -0.139. The molecule has 1 saturated heterocycles. The van der Waals surface area contributed by atoms with Crippen LogP contribution in [0.25, 0.3) is 0 Å². The fourth-order valence-corrected chi connectivity index (χ4v) is 2.58. The van der Waals surface area contributed by atoms with E-state index >= 15 is 0 Å². The van der Waals surface area contributed by atoms with E-state index in [1.165, 1.54) is 0 Å². The quantitative estimate of drug-likeness (QED) is 0.932. The number of halogens is 2. The Balaban J connectivity index is 2.20. The number of rotatable bonds is 3. The predicted molar refractivity (Wildman–Crippen MR) is 76.5 cm³/mol. The van der Waals surface area contributed by atoms with Crippen LogP contribution in [-0.2, 0) is 9.53 Å². The SMILES string of the molecule is C[C@@]1(C(=O)N[C@H](C#N)c2cccc(Cl)c2Cl)CCCO1. The molecule has 106 valence electrons. The molecule has 1 amide bonds. The van der Waals surface area contributed by atoms with E-state index in [0.717, 1.165) is 6.42 Å². The van der Waals surface area contributed by atoms with Gasteiger partial charge in [0.25, 0.3) is 5.91 Å². The van der Waals surface area contributed by atoms with Gasteiger partial charge in [-0.3, -0.25) is 4.79 Å². The first-order valence-corrected chi connectivity index (χ1v) is 7.02. The molecule has 1 fully saturated rings. The largest absolute Gasteiger partial charge is 0.365 e. The number of benzene rings is 1. The number of nitriles is 1. The van der Waals surface area contributed by atoms with Crippen LogP contribution >= 0.6 is 23.2 Å². The molecule has 2 atom stereocenters. The molecule has 4 nitrogen and oxygen atoms in total. The zero-order chi connectivity index (χ0) is 14.8. The van der Waals surface area contributed by atoms with Crippen molar-refractivity contribution in [3.63, 3.8) is 0 Å². The van der Waals surface area contributed by atoms with Gasteiger partial charge in [-0.2, -0.15) is 5.26 Å². The summed E-state index contributed by atoms with van der Waals surface area (Å²) in [5, 5.41) is 12.6. The van der Waals surface area contributed by atoms with Gasteiger partial charge < -0.3 is 10.1 Å². The van der Waals surface area contributed by atoms with Gasteiger partial charge in [0, 0.05) is 12.2 Å². The van der Waals surface area contributed by atoms with Crippen molar-refractivity contribution in [1.82, 2.24) is 5.32 Å². The van der Waals surface area contributed by atoms with E-state index in [1.807, 2.05) is 6.07 Å². The maximum absolute atomic E-state index is 12.2. The summed E-state index contributed by atoms with van der Waals surface area (Å²) >= 11 is 12.0. The highest BCUT2D eigenvalue weighted by Crippen LogP contribution is 2.31. The third kappa shape index (κ3) is 2.90. The lowest BCUT2D eigenvalue weighted by Gasteiger charge is -2.24. The van der Waals surface area contributed by atoms with Gasteiger partial charge in [-0.25, -0.2) is 0 Å². The average molecular weight is 313 g/mol. The molecule has 2 rings (SSSR count). The number of carbonyl (C=O) groups is 1. The smallest absolute Gasteiger partial charge is 0.253 e. The third-order valence-electron chi connectivity index (χ3n) is 3.40. The number of nitrogens with one attached hydrogen (secondary N) is 1. The number of hydrogen-bond acceptors (Lipinski definition) is 3. The topological polar surface area (TPSA) is 62.1 Å². The van der Waals surface area contributed by atoms with Crippen LogP contribution in [0.3, 0.4) is 0 Å². The summed E-state index contributed by atoms with van der Waals surface area (Å²) in [7, 11) is 0. The molecule has 6 heteroatoms. The first-order chi connectivity index (χ1) is 9.48. The monoisotopic (exact) mass is 312 g/mol. The molecule has 1 aliphatic heterocycles. The van der Waals surface area contributed by atoms with Gasteiger partial charge in [0.05, 0.1) is 16.1 Å². The summed E-state index contributed by atoms with van der Waals surface area (Å²) < 4.78 is 5.46. The van der Waals surface area contributed by atoms with Crippen LogP contribution in [-0.4, -0.2) is 18.1 Å². The van der Waals surface area contributed by atoms with E-state index in [1.54, 1.807) is 25.1 Å². The molecule has 1 N–H and O–H groups in total. The summed E-state index contributed by atoms with van der Waals surface area (Å²) in [6.07, 6.45) is 1.47. The average Bonchev–Trinajstić information content (AvgIpc) is 2.87. The van der Waals surface area contributed by atoms with Gasteiger partial charge in [-0.1, -0.05) is 35.3 Å². The third-order valence-corrected chi connectivity index (χ3v) is 4.23. The first-order valence-electron chi connectivity index (χ1n) is 6.26. The van der Waals surface area contributed by atoms with E-state index in [-0.39, 0.29) is 10.9 Å². The molecule has 0 bridgehead atoms. The zero-order valence-electron chi connectivity index (χ0n) is 11.0. The number of nitrogens with zero attached hydrogens (tertiary/aromatic N) is 1. The minimum atomic E-state index is -0.875.